The van der Waals surface area contributed by atoms with Gasteiger partial charge in [-0.2, -0.15) is 0 Å². The Morgan fingerprint density at radius 2 is 2.16 bits per heavy atom. The monoisotopic (exact) mass is 256 g/mol. The van der Waals surface area contributed by atoms with Crippen LogP contribution in [0.3, 0.4) is 0 Å². The molecule has 1 heterocycles. The molecule has 2 aromatic rings. The van der Waals surface area contributed by atoms with E-state index in [2.05, 4.69) is 15.6 Å². The topological polar surface area (TPSA) is 80.0 Å². The van der Waals surface area contributed by atoms with Crippen molar-refractivity contribution < 1.29 is 4.79 Å². The summed E-state index contributed by atoms with van der Waals surface area (Å²) in [5, 5.41) is 5.94. The Balaban J connectivity index is 1.99. The number of pyridine rings is 1. The number of benzene rings is 1. The number of aromatic nitrogens is 1. The van der Waals surface area contributed by atoms with Gasteiger partial charge in [-0.3, -0.25) is 4.79 Å². The standard InChI is InChI=1S/C14H16N4O/c1-10(19)18-13-4-2-3-11(7-13)8-16-14-6-5-12(15)9-17-14/h2-7,9H,8,15H2,1H3,(H,16,17)(H,18,19). The molecule has 1 aromatic carbocycles. The van der Waals surface area contributed by atoms with Gasteiger partial charge in [0.05, 0.1) is 11.9 Å². The number of hydrogen-bond donors (Lipinski definition) is 3. The van der Waals surface area contributed by atoms with Crippen LogP contribution < -0.4 is 16.4 Å². The average Bonchev–Trinajstić information content (AvgIpc) is 2.38. The van der Waals surface area contributed by atoms with E-state index in [0.29, 0.717) is 12.2 Å². The van der Waals surface area contributed by atoms with Crippen LogP contribution in [0, 0.1) is 0 Å². The zero-order chi connectivity index (χ0) is 13.7. The van der Waals surface area contributed by atoms with Crippen molar-refractivity contribution in [3.63, 3.8) is 0 Å². The van der Waals surface area contributed by atoms with Gasteiger partial charge in [0.2, 0.25) is 5.91 Å². The van der Waals surface area contributed by atoms with E-state index in [1.54, 1.807) is 12.3 Å². The average molecular weight is 256 g/mol. The van der Waals surface area contributed by atoms with Gasteiger partial charge in [0.15, 0.2) is 0 Å². The van der Waals surface area contributed by atoms with E-state index in [4.69, 9.17) is 5.73 Å². The first-order valence-electron chi connectivity index (χ1n) is 5.95. The summed E-state index contributed by atoms with van der Waals surface area (Å²) in [5.41, 5.74) is 8.06. The molecule has 5 nitrogen and oxygen atoms in total. The molecule has 0 saturated carbocycles. The summed E-state index contributed by atoms with van der Waals surface area (Å²) in [4.78, 5) is 15.1. The third-order valence-electron chi connectivity index (χ3n) is 2.51. The summed E-state index contributed by atoms with van der Waals surface area (Å²) >= 11 is 0. The number of anilines is 3. The third-order valence-corrected chi connectivity index (χ3v) is 2.51. The van der Waals surface area contributed by atoms with E-state index >= 15 is 0 Å². The van der Waals surface area contributed by atoms with Gasteiger partial charge in [0.25, 0.3) is 0 Å². The summed E-state index contributed by atoms with van der Waals surface area (Å²) in [6.45, 7) is 2.12. The maximum absolute atomic E-state index is 11.0. The van der Waals surface area contributed by atoms with Gasteiger partial charge in [-0.15, -0.1) is 0 Å². The van der Waals surface area contributed by atoms with Gasteiger partial charge in [0, 0.05) is 19.2 Å². The van der Waals surface area contributed by atoms with E-state index in [-0.39, 0.29) is 5.91 Å². The zero-order valence-electron chi connectivity index (χ0n) is 10.7. The molecule has 0 unspecified atom stereocenters. The number of nitrogen functional groups attached to an aromatic ring is 1. The Morgan fingerprint density at radius 1 is 1.32 bits per heavy atom. The lowest BCUT2D eigenvalue weighted by molar-refractivity contribution is -0.114. The number of carbonyl (C=O) groups is 1. The fraction of sp³-hybridized carbons (Fsp3) is 0.143. The predicted molar refractivity (Wildman–Crippen MR) is 76.7 cm³/mol. The normalized spacial score (nSPS) is 9.95. The molecular weight excluding hydrogens is 240 g/mol. The van der Waals surface area contributed by atoms with E-state index in [1.807, 2.05) is 30.3 Å². The lowest BCUT2D eigenvalue weighted by atomic mass is 10.2. The minimum atomic E-state index is -0.0784. The number of amides is 1. The zero-order valence-corrected chi connectivity index (χ0v) is 10.7. The fourth-order valence-corrected chi connectivity index (χ4v) is 1.66. The molecule has 0 spiro atoms. The molecular formula is C14H16N4O. The van der Waals surface area contributed by atoms with Crippen LogP contribution in [0.25, 0.3) is 0 Å². The summed E-state index contributed by atoms with van der Waals surface area (Å²) < 4.78 is 0. The van der Waals surface area contributed by atoms with Gasteiger partial charge < -0.3 is 16.4 Å². The van der Waals surface area contributed by atoms with Crippen LogP contribution in [0.15, 0.2) is 42.6 Å². The maximum atomic E-state index is 11.0. The van der Waals surface area contributed by atoms with Gasteiger partial charge >= 0.3 is 0 Å². The van der Waals surface area contributed by atoms with Crippen LogP contribution in [0.2, 0.25) is 0 Å². The van der Waals surface area contributed by atoms with Crippen molar-refractivity contribution in [2.24, 2.45) is 0 Å². The first-order valence-corrected chi connectivity index (χ1v) is 5.95. The molecule has 0 saturated heterocycles. The van der Waals surface area contributed by atoms with Crippen molar-refractivity contribution >= 4 is 23.1 Å². The van der Waals surface area contributed by atoms with E-state index < -0.39 is 0 Å². The summed E-state index contributed by atoms with van der Waals surface area (Å²) in [7, 11) is 0. The molecule has 19 heavy (non-hydrogen) atoms. The van der Waals surface area contributed by atoms with Crippen molar-refractivity contribution in [2.45, 2.75) is 13.5 Å². The molecule has 2 rings (SSSR count). The number of nitrogens with one attached hydrogen (secondary N) is 2. The second-order valence-electron chi connectivity index (χ2n) is 4.21. The quantitative estimate of drug-likeness (QED) is 0.783. The van der Waals surface area contributed by atoms with Gasteiger partial charge in [-0.25, -0.2) is 4.98 Å². The molecule has 98 valence electrons. The number of nitrogens with two attached hydrogens (primary N) is 1. The second kappa shape index (κ2) is 5.86. The highest BCUT2D eigenvalue weighted by atomic mass is 16.1. The lowest BCUT2D eigenvalue weighted by Gasteiger charge is -2.08. The second-order valence-corrected chi connectivity index (χ2v) is 4.21. The van der Waals surface area contributed by atoms with Crippen LogP contribution in [0.1, 0.15) is 12.5 Å². The molecule has 0 aliphatic heterocycles. The molecule has 1 amide bonds. The first-order chi connectivity index (χ1) is 9.13. The van der Waals surface area contributed by atoms with Crippen LogP contribution in [-0.4, -0.2) is 10.9 Å². The number of hydrogen-bond acceptors (Lipinski definition) is 4. The Bertz CT molecular complexity index is 566. The van der Waals surface area contributed by atoms with Crippen LogP contribution >= 0.6 is 0 Å². The highest BCUT2D eigenvalue weighted by molar-refractivity contribution is 5.88. The van der Waals surface area contributed by atoms with E-state index in [0.717, 1.165) is 17.1 Å². The number of nitrogens with zero attached hydrogens (tertiary/aromatic N) is 1. The van der Waals surface area contributed by atoms with Gasteiger partial charge in [0.1, 0.15) is 5.82 Å². The third kappa shape index (κ3) is 3.99. The molecule has 5 heteroatoms. The van der Waals surface area contributed by atoms with Crippen molar-refractivity contribution in [1.29, 1.82) is 0 Å². The van der Waals surface area contributed by atoms with Crippen molar-refractivity contribution in [3.8, 4) is 0 Å². The highest BCUT2D eigenvalue weighted by Crippen LogP contribution is 2.13. The largest absolute Gasteiger partial charge is 0.397 e. The predicted octanol–water partition coefficient (Wildman–Crippen LogP) is 2.23. The molecule has 0 aliphatic rings. The van der Waals surface area contributed by atoms with Crippen LogP contribution in [-0.2, 0) is 11.3 Å². The fourth-order valence-electron chi connectivity index (χ4n) is 1.66. The van der Waals surface area contributed by atoms with Gasteiger partial charge in [-0.05, 0) is 29.8 Å². The Labute approximate surface area is 111 Å². The summed E-state index contributed by atoms with van der Waals surface area (Å²) in [6.07, 6.45) is 1.61. The number of rotatable bonds is 4. The van der Waals surface area contributed by atoms with Crippen molar-refractivity contribution in [2.75, 3.05) is 16.4 Å². The smallest absolute Gasteiger partial charge is 0.221 e. The summed E-state index contributed by atoms with van der Waals surface area (Å²) in [6, 6.07) is 11.3. The molecule has 0 radical (unpaired) electrons. The number of carbonyl (C=O) groups excluding carboxylic acids is 1. The Hall–Kier alpha value is -2.56. The summed E-state index contributed by atoms with van der Waals surface area (Å²) in [5.74, 6) is 0.685. The minimum Gasteiger partial charge on any atom is -0.397 e. The van der Waals surface area contributed by atoms with Crippen LogP contribution in [0.4, 0.5) is 17.2 Å². The van der Waals surface area contributed by atoms with Crippen molar-refractivity contribution in [3.05, 3.63) is 48.2 Å². The SMILES string of the molecule is CC(=O)Nc1cccc(CNc2ccc(N)cn2)c1. The molecule has 0 fully saturated rings. The Morgan fingerprint density at radius 3 is 2.84 bits per heavy atom. The van der Waals surface area contributed by atoms with E-state index in [1.165, 1.54) is 6.92 Å². The minimum absolute atomic E-state index is 0.0784. The van der Waals surface area contributed by atoms with Crippen LogP contribution in [0.5, 0.6) is 0 Å². The molecule has 0 aliphatic carbocycles. The van der Waals surface area contributed by atoms with E-state index in [9.17, 15) is 4.79 Å². The molecule has 0 bridgehead atoms. The molecule has 1 aromatic heterocycles. The highest BCUT2D eigenvalue weighted by Gasteiger charge is 1.99. The maximum Gasteiger partial charge on any atom is 0.221 e. The van der Waals surface area contributed by atoms with Crippen molar-refractivity contribution in [1.82, 2.24) is 4.98 Å². The Kier molecular flexibility index (Phi) is 3.97. The molecule has 4 N–H and O–H groups in total. The lowest BCUT2D eigenvalue weighted by Crippen LogP contribution is -2.07. The molecule has 0 atom stereocenters. The van der Waals surface area contributed by atoms with Gasteiger partial charge in [-0.1, -0.05) is 12.1 Å². The first kappa shape index (κ1) is 12.9.